The van der Waals surface area contributed by atoms with E-state index in [1.165, 1.54) is 17.5 Å². The van der Waals surface area contributed by atoms with Gasteiger partial charge in [0.1, 0.15) is 0 Å². The summed E-state index contributed by atoms with van der Waals surface area (Å²) in [5.74, 6) is 1.54. The van der Waals surface area contributed by atoms with Gasteiger partial charge in [-0.25, -0.2) is 0 Å². The minimum atomic E-state index is 0.0352. The van der Waals surface area contributed by atoms with Crippen molar-refractivity contribution in [1.82, 2.24) is 20.0 Å². The maximum atomic E-state index is 12.2. The molecule has 0 saturated carbocycles. The lowest BCUT2D eigenvalue weighted by molar-refractivity contribution is -0.120. The summed E-state index contributed by atoms with van der Waals surface area (Å²) in [4.78, 5) is 14.8. The van der Waals surface area contributed by atoms with Crippen LogP contribution in [0.25, 0.3) is 0 Å². The van der Waals surface area contributed by atoms with Crippen LogP contribution in [0.3, 0.4) is 0 Å². The summed E-state index contributed by atoms with van der Waals surface area (Å²) < 4.78 is 1.72. The van der Waals surface area contributed by atoms with Crippen LogP contribution in [0.2, 0.25) is 0 Å². The maximum Gasteiger partial charge on any atom is 0.224 e. The molecule has 2 heterocycles. The Morgan fingerprint density at radius 2 is 1.88 bits per heavy atom. The highest BCUT2D eigenvalue weighted by molar-refractivity contribution is 5.78. The van der Waals surface area contributed by atoms with Crippen LogP contribution in [-0.4, -0.2) is 33.7 Å². The van der Waals surface area contributed by atoms with Crippen LogP contribution >= 0.6 is 0 Å². The highest BCUT2D eigenvalue weighted by Gasteiger charge is 2.22. The summed E-state index contributed by atoms with van der Waals surface area (Å²) >= 11 is 0. The van der Waals surface area contributed by atoms with Crippen LogP contribution in [0.1, 0.15) is 37.0 Å². The molecule has 0 aliphatic carbocycles. The smallest absolute Gasteiger partial charge is 0.224 e. The molecule has 1 aliphatic heterocycles. The Balaban J connectivity index is 1.57. The highest BCUT2D eigenvalue weighted by atomic mass is 16.1. The number of rotatable bonds is 6. The van der Waals surface area contributed by atoms with Gasteiger partial charge in [0.05, 0.1) is 12.6 Å². The Morgan fingerprint density at radius 1 is 1.19 bits per heavy atom. The zero-order valence-corrected chi connectivity index (χ0v) is 16.1. The van der Waals surface area contributed by atoms with E-state index in [9.17, 15) is 4.79 Å². The number of nitrogens with one attached hydrogen (secondary N) is 1. The first-order valence-electron chi connectivity index (χ1n) is 9.53. The molecule has 1 N–H and O–H groups in total. The number of hydrogen-bond acceptors (Lipinski definition) is 3. The van der Waals surface area contributed by atoms with Crippen molar-refractivity contribution < 1.29 is 4.79 Å². The molecule has 0 bridgehead atoms. The third-order valence-corrected chi connectivity index (χ3v) is 5.06. The Hall–Kier alpha value is -2.14. The van der Waals surface area contributed by atoms with E-state index in [0.29, 0.717) is 13.0 Å². The van der Waals surface area contributed by atoms with E-state index < -0.39 is 0 Å². The third-order valence-electron chi connectivity index (χ3n) is 5.06. The molecular formula is C21H30N4O. The molecule has 1 fully saturated rings. The molecule has 5 heteroatoms. The minimum absolute atomic E-state index is 0.0352. The fourth-order valence-electron chi connectivity index (χ4n) is 4.05. The van der Waals surface area contributed by atoms with Crippen molar-refractivity contribution in [2.45, 2.75) is 39.8 Å². The second-order valence-corrected chi connectivity index (χ2v) is 7.88. The van der Waals surface area contributed by atoms with Gasteiger partial charge in [0.25, 0.3) is 0 Å². The molecular weight excluding hydrogens is 324 g/mol. The van der Waals surface area contributed by atoms with E-state index in [2.05, 4.69) is 47.4 Å². The van der Waals surface area contributed by atoms with Crippen molar-refractivity contribution in [2.24, 2.45) is 18.9 Å². The van der Waals surface area contributed by atoms with Crippen molar-refractivity contribution >= 4 is 5.91 Å². The number of benzene rings is 1. The van der Waals surface area contributed by atoms with Crippen molar-refractivity contribution in [1.29, 1.82) is 0 Å². The number of carbonyl (C=O) groups is 1. The summed E-state index contributed by atoms with van der Waals surface area (Å²) in [7, 11) is 1.86. The number of hydrogen-bond donors (Lipinski definition) is 1. The topological polar surface area (TPSA) is 50.2 Å². The fourth-order valence-corrected chi connectivity index (χ4v) is 4.05. The average molecular weight is 354 g/mol. The second-order valence-electron chi connectivity index (χ2n) is 7.88. The zero-order chi connectivity index (χ0) is 18.5. The second kappa shape index (κ2) is 8.49. The normalized spacial score (nSPS) is 20.9. The Kier molecular flexibility index (Phi) is 6.09. The number of likely N-dealkylation sites (tertiary alicyclic amines) is 1. The van der Waals surface area contributed by atoms with E-state index in [0.717, 1.165) is 37.0 Å². The van der Waals surface area contributed by atoms with Gasteiger partial charge < -0.3 is 5.32 Å². The summed E-state index contributed by atoms with van der Waals surface area (Å²) in [6.07, 6.45) is 5.32. The zero-order valence-electron chi connectivity index (χ0n) is 16.1. The van der Waals surface area contributed by atoms with Crippen molar-refractivity contribution in [2.75, 3.05) is 13.1 Å². The number of amides is 1. The van der Waals surface area contributed by atoms with Gasteiger partial charge >= 0.3 is 0 Å². The molecule has 26 heavy (non-hydrogen) atoms. The predicted octanol–water partition coefficient (Wildman–Crippen LogP) is 2.76. The lowest BCUT2D eigenvalue weighted by Gasteiger charge is -2.35. The van der Waals surface area contributed by atoms with E-state index in [4.69, 9.17) is 0 Å². The molecule has 1 aromatic heterocycles. The van der Waals surface area contributed by atoms with Gasteiger partial charge in [-0.2, -0.15) is 5.10 Å². The Labute approximate surface area is 156 Å². The van der Waals surface area contributed by atoms with Crippen LogP contribution in [-0.2, 0) is 31.4 Å². The SMILES string of the molecule is CC1CC(C)CN(Cc2ccccc2CNC(=O)Cc2cnn(C)c2)C1. The van der Waals surface area contributed by atoms with Crippen molar-refractivity contribution in [3.05, 3.63) is 53.3 Å². The molecule has 5 nitrogen and oxygen atoms in total. The van der Waals surface area contributed by atoms with Gasteiger partial charge in [-0.15, -0.1) is 0 Å². The number of carbonyl (C=O) groups excluding carboxylic acids is 1. The molecule has 0 spiro atoms. The van der Waals surface area contributed by atoms with Gasteiger partial charge in [0.2, 0.25) is 5.91 Å². The number of aryl methyl sites for hydroxylation is 1. The minimum Gasteiger partial charge on any atom is -0.352 e. The van der Waals surface area contributed by atoms with Gasteiger partial charge in [-0.1, -0.05) is 38.1 Å². The molecule has 2 atom stereocenters. The van der Waals surface area contributed by atoms with E-state index in [-0.39, 0.29) is 5.91 Å². The van der Waals surface area contributed by atoms with Gasteiger partial charge in [0.15, 0.2) is 0 Å². The predicted molar refractivity (Wildman–Crippen MR) is 103 cm³/mol. The molecule has 140 valence electrons. The van der Waals surface area contributed by atoms with Crippen LogP contribution in [0.15, 0.2) is 36.7 Å². The average Bonchev–Trinajstić information content (AvgIpc) is 2.98. The maximum absolute atomic E-state index is 12.2. The molecule has 1 aromatic carbocycles. The lowest BCUT2D eigenvalue weighted by atomic mass is 9.91. The molecule has 1 amide bonds. The first-order valence-corrected chi connectivity index (χ1v) is 9.53. The third kappa shape index (κ3) is 5.18. The number of aromatic nitrogens is 2. The molecule has 2 aromatic rings. The largest absolute Gasteiger partial charge is 0.352 e. The van der Waals surface area contributed by atoms with Gasteiger partial charge in [0, 0.05) is 39.4 Å². The van der Waals surface area contributed by atoms with Gasteiger partial charge in [-0.3, -0.25) is 14.4 Å². The van der Waals surface area contributed by atoms with Crippen LogP contribution in [0, 0.1) is 11.8 Å². The van der Waals surface area contributed by atoms with E-state index >= 15 is 0 Å². The van der Waals surface area contributed by atoms with Crippen molar-refractivity contribution in [3.8, 4) is 0 Å². The van der Waals surface area contributed by atoms with Crippen molar-refractivity contribution in [3.63, 3.8) is 0 Å². The fraction of sp³-hybridized carbons (Fsp3) is 0.524. The van der Waals surface area contributed by atoms with Crippen LogP contribution < -0.4 is 5.32 Å². The molecule has 0 radical (unpaired) electrons. The summed E-state index contributed by atoms with van der Waals surface area (Å²) in [6, 6.07) is 8.45. The van der Waals surface area contributed by atoms with Crippen LogP contribution in [0.4, 0.5) is 0 Å². The monoisotopic (exact) mass is 354 g/mol. The summed E-state index contributed by atoms with van der Waals surface area (Å²) in [6.45, 7) is 8.54. The van der Waals surface area contributed by atoms with E-state index in [1.807, 2.05) is 19.3 Å². The molecule has 2 unspecified atom stereocenters. The first kappa shape index (κ1) is 18.6. The summed E-state index contributed by atoms with van der Waals surface area (Å²) in [5.41, 5.74) is 3.46. The highest BCUT2D eigenvalue weighted by Crippen LogP contribution is 2.23. The van der Waals surface area contributed by atoms with Crippen LogP contribution in [0.5, 0.6) is 0 Å². The standard InChI is InChI=1S/C21H30N4O/c1-16-8-17(2)13-25(12-16)15-20-7-5-4-6-19(20)11-22-21(26)9-18-10-23-24(3)14-18/h4-7,10,14,16-17H,8-9,11-13,15H2,1-3H3,(H,22,26). The first-order chi connectivity index (χ1) is 12.5. The Bertz CT molecular complexity index is 729. The molecule has 1 saturated heterocycles. The van der Waals surface area contributed by atoms with Gasteiger partial charge in [-0.05, 0) is 34.9 Å². The quantitative estimate of drug-likeness (QED) is 0.868. The van der Waals surface area contributed by atoms with E-state index in [1.54, 1.807) is 10.9 Å². The lowest BCUT2D eigenvalue weighted by Crippen LogP contribution is -2.38. The number of nitrogens with zero attached hydrogens (tertiary/aromatic N) is 3. The number of piperidine rings is 1. The Morgan fingerprint density at radius 3 is 2.54 bits per heavy atom. The molecule has 3 rings (SSSR count). The summed E-state index contributed by atoms with van der Waals surface area (Å²) in [5, 5.41) is 7.17. The molecule has 1 aliphatic rings.